The zero-order chi connectivity index (χ0) is 14.6. The Labute approximate surface area is 109 Å². The Bertz CT molecular complexity index is 495. The molecule has 4 nitrogen and oxygen atoms in total. The van der Waals surface area contributed by atoms with Crippen molar-refractivity contribution in [2.45, 2.75) is 26.4 Å². The van der Waals surface area contributed by atoms with E-state index in [1.54, 1.807) is 20.8 Å². The van der Waals surface area contributed by atoms with Crippen molar-refractivity contribution < 1.29 is 23.1 Å². The van der Waals surface area contributed by atoms with E-state index in [0.717, 1.165) is 18.2 Å². The summed E-state index contributed by atoms with van der Waals surface area (Å²) in [7, 11) is 0. The van der Waals surface area contributed by atoms with E-state index in [2.05, 4.69) is 5.32 Å². The maximum atomic E-state index is 12.9. The zero-order valence-corrected chi connectivity index (χ0v) is 10.9. The van der Waals surface area contributed by atoms with Crippen molar-refractivity contribution in [3.8, 4) is 0 Å². The standard InChI is InChI=1S/C13H15F2NO3/c1-13(2,3)19-12(18)16-7-11(17)8-4-5-9(14)10(15)6-8/h4-6H,7H2,1-3H3,(H,16,18). The van der Waals surface area contributed by atoms with Gasteiger partial charge in [0, 0.05) is 5.56 Å². The first kappa shape index (κ1) is 15.1. The van der Waals surface area contributed by atoms with Crippen LogP contribution in [0.5, 0.6) is 0 Å². The third-order valence-electron chi connectivity index (χ3n) is 2.03. The Morgan fingerprint density at radius 1 is 1.21 bits per heavy atom. The van der Waals surface area contributed by atoms with Crippen LogP contribution in [0.1, 0.15) is 31.1 Å². The highest BCUT2D eigenvalue weighted by Crippen LogP contribution is 2.09. The lowest BCUT2D eigenvalue weighted by Crippen LogP contribution is -2.35. The van der Waals surface area contributed by atoms with Crippen LogP contribution in [0, 0.1) is 11.6 Å². The number of ketones is 1. The fraction of sp³-hybridized carbons (Fsp3) is 0.385. The van der Waals surface area contributed by atoms with E-state index in [4.69, 9.17) is 4.74 Å². The van der Waals surface area contributed by atoms with Crippen molar-refractivity contribution >= 4 is 11.9 Å². The lowest BCUT2D eigenvalue weighted by Gasteiger charge is -2.19. The molecular weight excluding hydrogens is 256 g/mol. The Hall–Kier alpha value is -1.98. The highest BCUT2D eigenvalue weighted by atomic mass is 19.2. The molecule has 19 heavy (non-hydrogen) atoms. The van der Waals surface area contributed by atoms with Gasteiger partial charge in [-0.1, -0.05) is 0 Å². The molecule has 0 bridgehead atoms. The molecule has 1 rings (SSSR count). The maximum Gasteiger partial charge on any atom is 0.408 e. The Kier molecular flexibility index (Phi) is 4.58. The lowest BCUT2D eigenvalue weighted by molar-refractivity contribution is 0.0520. The number of alkyl carbamates (subject to hydrolysis) is 1. The molecule has 0 aliphatic rings. The summed E-state index contributed by atoms with van der Waals surface area (Å²) in [5, 5.41) is 2.24. The number of halogens is 2. The highest BCUT2D eigenvalue weighted by Gasteiger charge is 2.17. The molecule has 0 unspecified atom stereocenters. The smallest absolute Gasteiger partial charge is 0.408 e. The third-order valence-corrected chi connectivity index (χ3v) is 2.03. The number of carbonyl (C=O) groups is 2. The minimum Gasteiger partial charge on any atom is -0.444 e. The fourth-order valence-electron chi connectivity index (χ4n) is 1.24. The van der Waals surface area contributed by atoms with Gasteiger partial charge in [0.05, 0.1) is 6.54 Å². The summed E-state index contributed by atoms with van der Waals surface area (Å²) in [5.41, 5.74) is -0.690. The summed E-state index contributed by atoms with van der Waals surface area (Å²) in [6.45, 7) is 4.71. The molecule has 104 valence electrons. The summed E-state index contributed by atoms with van der Waals surface area (Å²) >= 11 is 0. The van der Waals surface area contributed by atoms with Gasteiger partial charge >= 0.3 is 6.09 Å². The normalized spacial score (nSPS) is 11.0. The van der Waals surface area contributed by atoms with Crippen molar-refractivity contribution in [3.05, 3.63) is 35.4 Å². The molecule has 0 atom stereocenters. The van der Waals surface area contributed by atoms with Crippen LogP contribution in [0.4, 0.5) is 13.6 Å². The number of ether oxygens (including phenoxy) is 1. The van der Waals surface area contributed by atoms with Crippen LogP contribution in [0.2, 0.25) is 0 Å². The highest BCUT2D eigenvalue weighted by molar-refractivity contribution is 5.98. The minimum absolute atomic E-state index is 0.0186. The quantitative estimate of drug-likeness (QED) is 0.860. The number of benzene rings is 1. The van der Waals surface area contributed by atoms with Crippen LogP contribution in [-0.4, -0.2) is 24.0 Å². The summed E-state index contributed by atoms with van der Waals surface area (Å²) in [6, 6.07) is 2.79. The molecule has 0 heterocycles. The Balaban J connectivity index is 2.56. The molecule has 1 aromatic carbocycles. The maximum absolute atomic E-state index is 12.9. The number of amides is 1. The molecule has 0 aliphatic heterocycles. The van der Waals surface area contributed by atoms with Crippen molar-refractivity contribution in [1.29, 1.82) is 0 Å². The van der Waals surface area contributed by atoms with Crippen molar-refractivity contribution in [3.63, 3.8) is 0 Å². The zero-order valence-electron chi connectivity index (χ0n) is 10.9. The van der Waals surface area contributed by atoms with Gasteiger partial charge in [0.2, 0.25) is 0 Å². The minimum atomic E-state index is -1.11. The van der Waals surface area contributed by atoms with E-state index < -0.39 is 29.1 Å². The van der Waals surface area contributed by atoms with Crippen molar-refractivity contribution in [2.24, 2.45) is 0 Å². The number of nitrogens with one attached hydrogen (secondary N) is 1. The van der Waals surface area contributed by atoms with E-state index in [1.165, 1.54) is 0 Å². The largest absolute Gasteiger partial charge is 0.444 e. The van der Waals surface area contributed by atoms with Gasteiger partial charge in [-0.3, -0.25) is 4.79 Å². The molecule has 0 aromatic heterocycles. The molecule has 6 heteroatoms. The van der Waals surface area contributed by atoms with Gasteiger partial charge in [-0.05, 0) is 39.0 Å². The fourth-order valence-corrected chi connectivity index (χ4v) is 1.24. The molecule has 1 N–H and O–H groups in total. The molecule has 0 aliphatic carbocycles. The van der Waals surface area contributed by atoms with Crippen LogP contribution in [0.3, 0.4) is 0 Å². The van der Waals surface area contributed by atoms with Crippen molar-refractivity contribution in [2.75, 3.05) is 6.54 Å². The number of hydrogen-bond acceptors (Lipinski definition) is 3. The van der Waals surface area contributed by atoms with Gasteiger partial charge in [-0.25, -0.2) is 13.6 Å². The second kappa shape index (κ2) is 5.77. The van der Waals surface area contributed by atoms with Crippen LogP contribution >= 0.6 is 0 Å². The molecule has 0 saturated carbocycles. The number of rotatable bonds is 3. The SMILES string of the molecule is CC(C)(C)OC(=O)NCC(=O)c1ccc(F)c(F)c1. The van der Waals surface area contributed by atoms with Crippen LogP contribution < -0.4 is 5.32 Å². The second-order valence-corrected chi connectivity index (χ2v) is 4.91. The monoisotopic (exact) mass is 271 g/mol. The Morgan fingerprint density at radius 3 is 2.37 bits per heavy atom. The third kappa shape index (κ3) is 5.03. The van der Waals surface area contributed by atoms with Crippen LogP contribution in [-0.2, 0) is 4.74 Å². The van der Waals surface area contributed by atoms with E-state index in [1.807, 2.05) is 0 Å². The first-order valence-corrected chi connectivity index (χ1v) is 5.64. The molecule has 0 spiro atoms. The topological polar surface area (TPSA) is 55.4 Å². The van der Waals surface area contributed by atoms with E-state index in [-0.39, 0.29) is 12.1 Å². The van der Waals surface area contributed by atoms with E-state index in [0.29, 0.717) is 0 Å². The molecule has 0 radical (unpaired) electrons. The summed E-state index contributed by atoms with van der Waals surface area (Å²) in [5.74, 6) is -2.68. The molecule has 1 aromatic rings. The number of carbonyl (C=O) groups excluding carboxylic acids is 2. The van der Waals surface area contributed by atoms with Crippen LogP contribution in [0.15, 0.2) is 18.2 Å². The number of Topliss-reactive ketones (excluding diaryl/α,β-unsaturated/α-hetero) is 1. The van der Waals surface area contributed by atoms with Crippen LogP contribution in [0.25, 0.3) is 0 Å². The van der Waals surface area contributed by atoms with Gasteiger partial charge in [-0.15, -0.1) is 0 Å². The second-order valence-electron chi connectivity index (χ2n) is 4.91. The van der Waals surface area contributed by atoms with E-state index in [9.17, 15) is 18.4 Å². The predicted octanol–water partition coefficient (Wildman–Crippen LogP) is 2.67. The average molecular weight is 271 g/mol. The Morgan fingerprint density at radius 2 is 1.84 bits per heavy atom. The molecule has 1 amide bonds. The van der Waals surface area contributed by atoms with Gasteiger partial charge in [0.1, 0.15) is 5.60 Å². The summed E-state index contributed by atoms with van der Waals surface area (Å²) in [6.07, 6.45) is -0.747. The number of hydrogen-bond donors (Lipinski definition) is 1. The van der Waals surface area contributed by atoms with Gasteiger partial charge in [-0.2, -0.15) is 0 Å². The lowest BCUT2D eigenvalue weighted by atomic mass is 10.1. The first-order valence-electron chi connectivity index (χ1n) is 5.64. The van der Waals surface area contributed by atoms with Gasteiger partial charge in [0.25, 0.3) is 0 Å². The van der Waals surface area contributed by atoms with Gasteiger partial charge in [0.15, 0.2) is 17.4 Å². The van der Waals surface area contributed by atoms with Gasteiger partial charge < -0.3 is 10.1 Å². The van der Waals surface area contributed by atoms with Crippen molar-refractivity contribution in [1.82, 2.24) is 5.32 Å². The molecular formula is C13H15F2NO3. The predicted molar refractivity (Wildman–Crippen MR) is 64.9 cm³/mol. The molecule has 0 saturated heterocycles. The molecule has 0 fully saturated rings. The van der Waals surface area contributed by atoms with E-state index >= 15 is 0 Å². The first-order chi connectivity index (χ1) is 8.69. The summed E-state index contributed by atoms with van der Waals surface area (Å²) in [4.78, 5) is 22.9. The average Bonchev–Trinajstić information content (AvgIpc) is 2.27. The summed E-state index contributed by atoms with van der Waals surface area (Å²) < 4.78 is 30.5.